The Morgan fingerprint density at radius 1 is 0.750 bits per heavy atom. The zero-order valence-corrected chi connectivity index (χ0v) is 18.5. The fourth-order valence-corrected chi connectivity index (χ4v) is 3.86. The van der Waals surface area contributed by atoms with E-state index in [9.17, 15) is 9.59 Å². The molecular weight excluding hydrogens is 354 g/mol. The first-order valence-electron chi connectivity index (χ1n) is 11.0. The molecule has 5 nitrogen and oxygen atoms in total. The molecule has 1 rings (SSSR count). The molecule has 1 N–H and O–H groups in total. The molecule has 1 aliphatic heterocycles. The van der Waals surface area contributed by atoms with E-state index >= 15 is 0 Å². The molecule has 0 radical (unpaired) electrons. The van der Waals surface area contributed by atoms with E-state index in [1.165, 1.54) is 38.5 Å². The molecule has 28 heavy (non-hydrogen) atoms. The van der Waals surface area contributed by atoms with Crippen molar-refractivity contribution < 1.29 is 19.1 Å². The lowest BCUT2D eigenvalue weighted by atomic mass is 9.81. The predicted molar refractivity (Wildman–Crippen MR) is 113 cm³/mol. The Hall–Kier alpha value is -1.78. The first kappa shape index (κ1) is 24.3. The SMILES string of the molecule is CCCCCCCCCCC1C(C(=O)OCC)=C(C)NC(C)=C1C(=O)OCC. The summed E-state index contributed by atoms with van der Waals surface area (Å²) in [5, 5.41) is 3.18. The molecule has 1 heterocycles. The van der Waals surface area contributed by atoms with Crippen LogP contribution in [0.5, 0.6) is 0 Å². The molecule has 1 aliphatic rings. The average molecular weight is 394 g/mol. The van der Waals surface area contributed by atoms with Gasteiger partial charge in [0, 0.05) is 17.3 Å². The van der Waals surface area contributed by atoms with Gasteiger partial charge in [-0.05, 0) is 34.1 Å². The van der Waals surface area contributed by atoms with Crippen molar-refractivity contribution in [1.29, 1.82) is 0 Å². The van der Waals surface area contributed by atoms with Crippen LogP contribution in [0.2, 0.25) is 0 Å². The molecule has 0 fully saturated rings. The summed E-state index contributed by atoms with van der Waals surface area (Å²) in [7, 11) is 0. The van der Waals surface area contributed by atoms with E-state index in [-0.39, 0.29) is 17.9 Å². The van der Waals surface area contributed by atoms with Crippen LogP contribution in [0.4, 0.5) is 0 Å². The van der Waals surface area contributed by atoms with Crippen molar-refractivity contribution >= 4 is 11.9 Å². The minimum atomic E-state index is -0.341. The maximum absolute atomic E-state index is 12.6. The number of carbonyl (C=O) groups excluding carboxylic acids is 2. The molecule has 5 heteroatoms. The molecule has 0 saturated carbocycles. The molecular formula is C23H39NO4. The number of unbranched alkanes of at least 4 members (excludes halogenated alkanes) is 7. The fraction of sp³-hybridized carbons (Fsp3) is 0.739. The van der Waals surface area contributed by atoms with Gasteiger partial charge in [0.25, 0.3) is 0 Å². The zero-order chi connectivity index (χ0) is 20.9. The summed E-state index contributed by atoms with van der Waals surface area (Å²) < 4.78 is 10.6. The monoisotopic (exact) mass is 393 g/mol. The minimum absolute atomic E-state index is 0.264. The van der Waals surface area contributed by atoms with Gasteiger partial charge in [-0.2, -0.15) is 0 Å². The topological polar surface area (TPSA) is 64.6 Å². The van der Waals surface area contributed by atoms with E-state index < -0.39 is 0 Å². The summed E-state index contributed by atoms with van der Waals surface area (Å²) in [6.07, 6.45) is 10.5. The number of hydrogen-bond acceptors (Lipinski definition) is 5. The number of rotatable bonds is 13. The third-order valence-corrected chi connectivity index (χ3v) is 5.22. The lowest BCUT2D eigenvalue weighted by molar-refractivity contribution is -0.140. The number of nitrogens with one attached hydrogen (secondary N) is 1. The number of hydrogen-bond donors (Lipinski definition) is 1. The van der Waals surface area contributed by atoms with E-state index in [2.05, 4.69) is 12.2 Å². The van der Waals surface area contributed by atoms with E-state index in [4.69, 9.17) is 9.47 Å². The number of allylic oxidation sites excluding steroid dienone is 2. The summed E-state index contributed by atoms with van der Waals surface area (Å²) in [5.74, 6) is -0.947. The fourth-order valence-electron chi connectivity index (χ4n) is 3.86. The van der Waals surface area contributed by atoms with Crippen LogP contribution in [0.3, 0.4) is 0 Å². The smallest absolute Gasteiger partial charge is 0.336 e. The van der Waals surface area contributed by atoms with Crippen LogP contribution >= 0.6 is 0 Å². The second-order valence-electron chi connectivity index (χ2n) is 7.46. The Morgan fingerprint density at radius 2 is 1.18 bits per heavy atom. The molecule has 0 saturated heterocycles. The van der Waals surface area contributed by atoms with Gasteiger partial charge < -0.3 is 14.8 Å². The van der Waals surface area contributed by atoms with Gasteiger partial charge in [-0.1, -0.05) is 58.3 Å². The Labute approximate surface area is 170 Å². The van der Waals surface area contributed by atoms with Crippen molar-refractivity contribution in [3.63, 3.8) is 0 Å². The summed E-state index contributed by atoms with van der Waals surface area (Å²) in [4.78, 5) is 25.2. The molecule has 0 aromatic heterocycles. The molecule has 0 unspecified atom stereocenters. The lowest BCUT2D eigenvalue weighted by Gasteiger charge is -2.30. The van der Waals surface area contributed by atoms with E-state index in [0.29, 0.717) is 24.4 Å². The molecule has 0 atom stereocenters. The number of esters is 2. The Morgan fingerprint density at radius 3 is 1.61 bits per heavy atom. The molecule has 0 amide bonds. The molecule has 0 aliphatic carbocycles. The number of ether oxygens (including phenoxy) is 2. The van der Waals surface area contributed by atoms with E-state index in [1.54, 1.807) is 13.8 Å². The summed E-state index contributed by atoms with van der Waals surface area (Å²) in [5.41, 5.74) is 2.68. The third kappa shape index (κ3) is 7.33. The van der Waals surface area contributed by atoms with Crippen LogP contribution in [0.15, 0.2) is 22.5 Å². The number of carbonyl (C=O) groups is 2. The van der Waals surface area contributed by atoms with Crippen LogP contribution in [-0.4, -0.2) is 25.2 Å². The van der Waals surface area contributed by atoms with Gasteiger partial charge in [-0.15, -0.1) is 0 Å². The van der Waals surface area contributed by atoms with Crippen molar-refractivity contribution in [3.8, 4) is 0 Å². The van der Waals surface area contributed by atoms with E-state index in [0.717, 1.165) is 30.7 Å². The van der Waals surface area contributed by atoms with Crippen LogP contribution in [0.25, 0.3) is 0 Å². The quantitative estimate of drug-likeness (QED) is 0.335. The zero-order valence-electron chi connectivity index (χ0n) is 18.5. The Balaban J connectivity index is 2.82. The van der Waals surface area contributed by atoms with Gasteiger partial charge in [0.15, 0.2) is 0 Å². The maximum atomic E-state index is 12.6. The van der Waals surface area contributed by atoms with E-state index in [1.807, 2.05) is 13.8 Å². The van der Waals surface area contributed by atoms with Crippen molar-refractivity contribution in [2.75, 3.05) is 13.2 Å². The van der Waals surface area contributed by atoms with Gasteiger partial charge in [0.2, 0.25) is 0 Å². The van der Waals surface area contributed by atoms with Crippen LogP contribution in [-0.2, 0) is 19.1 Å². The highest BCUT2D eigenvalue weighted by Crippen LogP contribution is 2.35. The van der Waals surface area contributed by atoms with Gasteiger partial charge in [-0.25, -0.2) is 9.59 Å². The third-order valence-electron chi connectivity index (χ3n) is 5.22. The molecule has 0 aromatic carbocycles. The lowest BCUT2D eigenvalue weighted by Crippen LogP contribution is -2.33. The Bertz CT molecular complexity index is 537. The highest BCUT2D eigenvalue weighted by Gasteiger charge is 2.36. The largest absolute Gasteiger partial charge is 0.463 e. The molecule has 0 bridgehead atoms. The highest BCUT2D eigenvalue weighted by atomic mass is 16.5. The molecule has 160 valence electrons. The predicted octanol–water partition coefficient (Wildman–Crippen LogP) is 5.41. The molecule has 0 aromatic rings. The van der Waals surface area contributed by atoms with Crippen LogP contribution < -0.4 is 5.32 Å². The second kappa shape index (κ2) is 13.4. The summed E-state index contributed by atoms with van der Waals surface area (Å²) in [6, 6.07) is 0. The first-order valence-corrected chi connectivity index (χ1v) is 11.0. The summed E-state index contributed by atoms with van der Waals surface area (Å²) in [6.45, 7) is 10.2. The second-order valence-corrected chi connectivity index (χ2v) is 7.46. The first-order chi connectivity index (χ1) is 13.5. The standard InChI is InChI=1S/C23H39NO4/c1-6-9-10-11-12-13-14-15-16-19-20(22(25)27-7-2)17(4)24-18(5)21(19)23(26)28-8-3/h19,24H,6-16H2,1-5H3. The summed E-state index contributed by atoms with van der Waals surface area (Å²) >= 11 is 0. The van der Waals surface area contributed by atoms with Gasteiger partial charge in [0.1, 0.15) is 0 Å². The van der Waals surface area contributed by atoms with Crippen molar-refractivity contribution in [2.24, 2.45) is 5.92 Å². The highest BCUT2D eigenvalue weighted by molar-refractivity contribution is 5.97. The Kier molecular flexibility index (Phi) is 11.6. The van der Waals surface area contributed by atoms with Crippen molar-refractivity contribution in [1.82, 2.24) is 5.32 Å². The van der Waals surface area contributed by atoms with Crippen molar-refractivity contribution in [3.05, 3.63) is 22.5 Å². The van der Waals surface area contributed by atoms with Gasteiger partial charge >= 0.3 is 11.9 Å². The molecule has 0 spiro atoms. The average Bonchev–Trinajstić information content (AvgIpc) is 2.63. The minimum Gasteiger partial charge on any atom is -0.463 e. The number of dihydropyridines is 1. The van der Waals surface area contributed by atoms with Gasteiger partial charge in [0.05, 0.1) is 24.4 Å². The maximum Gasteiger partial charge on any atom is 0.336 e. The van der Waals surface area contributed by atoms with Crippen LogP contribution in [0, 0.1) is 5.92 Å². The normalized spacial score (nSPS) is 14.9. The van der Waals surface area contributed by atoms with Crippen LogP contribution in [0.1, 0.15) is 92.4 Å². The van der Waals surface area contributed by atoms with Gasteiger partial charge in [-0.3, -0.25) is 0 Å². The van der Waals surface area contributed by atoms with Crippen molar-refractivity contribution in [2.45, 2.75) is 92.4 Å².